The Morgan fingerprint density at radius 3 is 2.65 bits per heavy atom. The first-order chi connectivity index (χ1) is 12.4. The van der Waals surface area contributed by atoms with Crippen molar-refractivity contribution in [1.82, 2.24) is 4.57 Å². The number of pyridine rings is 1. The number of hydrogen-bond acceptors (Lipinski definition) is 5. The van der Waals surface area contributed by atoms with Crippen LogP contribution in [0.15, 0.2) is 35.1 Å². The zero-order chi connectivity index (χ0) is 19.3. The van der Waals surface area contributed by atoms with Crippen LogP contribution in [0.2, 0.25) is 0 Å². The smallest absolute Gasteiger partial charge is 0.337 e. The molecule has 0 saturated carbocycles. The summed E-state index contributed by atoms with van der Waals surface area (Å²) in [4.78, 5) is 36.0. The molecule has 0 atom stereocenters. The van der Waals surface area contributed by atoms with Crippen LogP contribution in [0.4, 0.5) is 5.69 Å². The number of amides is 1. The van der Waals surface area contributed by atoms with Crippen molar-refractivity contribution in [1.29, 1.82) is 5.26 Å². The first-order valence-corrected chi connectivity index (χ1v) is 7.63. The summed E-state index contributed by atoms with van der Waals surface area (Å²) < 4.78 is 6.14. The molecule has 0 aliphatic heterocycles. The summed E-state index contributed by atoms with van der Waals surface area (Å²) in [5, 5.41) is 20.9. The van der Waals surface area contributed by atoms with Crippen molar-refractivity contribution in [3.8, 4) is 6.07 Å². The second kappa shape index (κ2) is 8.09. The molecule has 2 rings (SSSR count). The van der Waals surface area contributed by atoms with Crippen molar-refractivity contribution in [2.24, 2.45) is 0 Å². The number of methoxy groups -OCH3 is 1. The van der Waals surface area contributed by atoms with E-state index < -0.39 is 17.4 Å². The average molecular weight is 355 g/mol. The number of aryl methyl sites for hydroxylation is 1. The van der Waals surface area contributed by atoms with E-state index in [0.717, 1.165) is 4.57 Å². The van der Waals surface area contributed by atoms with Gasteiger partial charge in [-0.05, 0) is 25.1 Å². The Morgan fingerprint density at radius 2 is 2.04 bits per heavy atom. The number of para-hydroxylation sites is 1. The number of carboxylic acid groups (broad SMARTS) is 1. The number of anilines is 1. The topological polar surface area (TPSA) is 121 Å². The number of hydrogen-bond donors (Lipinski definition) is 2. The highest BCUT2D eigenvalue weighted by Crippen LogP contribution is 2.15. The lowest BCUT2D eigenvalue weighted by atomic mass is 10.1. The van der Waals surface area contributed by atoms with Crippen molar-refractivity contribution in [3.05, 3.63) is 63.1 Å². The highest BCUT2D eigenvalue weighted by atomic mass is 16.5. The maximum absolute atomic E-state index is 12.5. The zero-order valence-corrected chi connectivity index (χ0v) is 14.3. The van der Waals surface area contributed by atoms with Crippen LogP contribution < -0.4 is 10.9 Å². The fraction of sp³-hybridized carbons (Fsp3) is 0.222. The molecule has 26 heavy (non-hydrogen) atoms. The predicted octanol–water partition coefficient (Wildman–Crippen LogP) is 1.51. The summed E-state index contributed by atoms with van der Waals surface area (Å²) in [6, 6.07) is 9.41. The van der Waals surface area contributed by atoms with Crippen LogP contribution in [-0.2, 0) is 22.7 Å². The van der Waals surface area contributed by atoms with E-state index in [-0.39, 0.29) is 30.0 Å². The van der Waals surface area contributed by atoms with E-state index in [4.69, 9.17) is 9.84 Å². The molecule has 2 N–H and O–H groups in total. The molecule has 1 heterocycles. The molecule has 1 aromatic carbocycles. The van der Waals surface area contributed by atoms with E-state index in [9.17, 15) is 19.6 Å². The highest BCUT2D eigenvalue weighted by Gasteiger charge is 2.16. The van der Waals surface area contributed by atoms with Gasteiger partial charge in [0, 0.05) is 18.4 Å². The summed E-state index contributed by atoms with van der Waals surface area (Å²) in [7, 11) is 1.45. The van der Waals surface area contributed by atoms with Gasteiger partial charge in [-0.1, -0.05) is 12.1 Å². The summed E-state index contributed by atoms with van der Waals surface area (Å²) in [6.45, 7) is 1.40. The molecule has 0 aliphatic rings. The molecule has 0 saturated heterocycles. The van der Waals surface area contributed by atoms with Gasteiger partial charge in [0.25, 0.3) is 5.56 Å². The Balaban J connectivity index is 2.32. The molecule has 1 aromatic heterocycles. The molecule has 2 aromatic rings. The van der Waals surface area contributed by atoms with Crippen molar-refractivity contribution in [2.75, 3.05) is 12.4 Å². The molecular formula is C18H17N3O5. The summed E-state index contributed by atoms with van der Waals surface area (Å²) in [5.74, 6) is -1.75. The Labute approximate surface area is 149 Å². The average Bonchev–Trinajstić information content (AvgIpc) is 2.59. The number of ether oxygens (including phenoxy) is 1. The number of carbonyl (C=O) groups excluding carboxylic acids is 1. The van der Waals surface area contributed by atoms with Gasteiger partial charge in [0.05, 0.1) is 17.9 Å². The van der Waals surface area contributed by atoms with Crippen molar-refractivity contribution < 1.29 is 19.4 Å². The fourth-order valence-corrected chi connectivity index (χ4v) is 2.53. The van der Waals surface area contributed by atoms with Gasteiger partial charge in [-0.25, -0.2) is 4.79 Å². The first-order valence-electron chi connectivity index (χ1n) is 7.63. The molecule has 134 valence electrons. The molecule has 0 unspecified atom stereocenters. The second-order valence-corrected chi connectivity index (χ2v) is 5.52. The van der Waals surface area contributed by atoms with Gasteiger partial charge >= 0.3 is 5.97 Å². The van der Waals surface area contributed by atoms with Gasteiger partial charge in [-0.3, -0.25) is 9.59 Å². The van der Waals surface area contributed by atoms with E-state index >= 15 is 0 Å². The number of nitriles is 1. The van der Waals surface area contributed by atoms with Crippen LogP contribution in [0.5, 0.6) is 0 Å². The third-order valence-corrected chi connectivity index (χ3v) is 3.73. The fourth-order valence-electron chi connectivity index (χ4n) is 2.53. The third kappa shape index (κ3) is 3.96. The molecule has 0 aliphatic carbocycles. The maximum Gasteiger partial charge on any atom is 0.337 e. The molecule has 8 heteroatoms. The van der Waals surface area contributed by atoms with Crippen LogP contribution in [0, 0.1) is 18.3 Å². The number of nitrogens with one attached hydrogen (secondary N) is 1. The molecule has 0 radical (unpaired) electrons. The second-order valence-electron chi connectivity index (χ2n) is 5.52. The van der Waals surface area contributed by atoms with Gasteiger partial charge in [0.2, 0.25) is 5.91 Å². The lowest BCUT2D eigenvalue weighted by molar-refractivity contribution is -0.116. The van der Waals surface area contributed by atoms with Gasteiger partial charge in [0.15, 0.2) is 0 Å². The van der Waals surface area contributed by atoms with Crippen molar-refractivity contribution in [3.63, 3.8) is 0 Å². The molecule has 1 amide bonds. The van der Waals surface area contributed by atoms with Gasteiger partial charge < -0.3 is 19.7 Å². The van der Waals surface area contributed by atoms with Crippen LogP contribution >= 0.6 is 0 Å². The van der Waals surface area contributed by atoms with E-state index in [1.165, 1.54) is 19.2 Å². The summed E-state index contributed by atoms with van der Waals surface area (Å²) in [6.07, 6.45) is 0. The lowest BCUT2D eigenvalue weighted by Gasteiger charge is -2.14. The Bertz CT molecular complexity index is 956. The zero-order valence-electron chi connectivity index (χ0n) is 14.3. The van der Waals surface area contributed by atoms with E-state index in [0.29, 0.717) is 11.3 Å². The third-order valence-electron chi connectivity index (χ3n) is 3.73. The standard InChI is InChI=1S/C18H17N3O5/c1-11-7-12(10-26-2)14(8-19)17(23)21(11)9-16(22)20-15-6-4-3-5-13(15)18(24)25/h3-7H,9-10H2,1-2H3,(H,20,22)(H,24,25). The minimum atomic E-state index is -1.18. The Morgan fingerprint density at radius 1 is 1.35 bits per heavy atom. The minimum absolute atomic E-state index is 0.0573. The maximum atomic E-state index is 12.5. The largest absolute Gasteiger partial charge is 0.478 e. The lowest BCUT2D eigenvalue weighted by Crippen LogP contribution is -2.31. The van der Waals surface area contributed by atoms with Crippen LogP contribution in [0.25, 0.3) is 0 Å². The molecule has 0 spiro atoms. The minimum Gasteiger partial charge on any atom is -0.478 e. The first kappa shape index (κ1) is 18.9. The molecular weight excluding hydrogens is 338 g/mol. The van der Waals surface area contributed by atoms with Crippen LogP contribution in [-0.4, -0.2) is 28.7 Å². The van der Waals surface area contributed by atoms with Crippen molar-refractivity contribution in [2.45, 2.75) is 20.1 Å². The van der Waals surface area contributed by atoms with Gasteiger partial charge in [-0.15, -0.1) is 0 Å². The van der Waals surface area contributed by atoms with Crippen LogP contribution in [0.3, 0.4) is 0 Å². The van der Waals surface area contributed by atoms with E-state index in [1.807, 2.05) is 6.07 Å². The molecule has 8 nitrogen and oxygen atoms in total. The van der Waals surface area contributed by atoms with Crippen LogP contribution in [0.1, 0.15) is 27.2 Å². The number of carbonyl (C=O) groups is 2. The molecule has 0 bridgehead atoms. The number of nitrogens with zero attached hydrogens (tertiary/aromatic N) is 2. The summed E-state index contributed by atoms with van der Waals surface area (Å²) >= 11 is 0. The monoisotopic (exact) mass is 355 g/mol. The van der Waals surface area contributed by atoms with Crippen molar-refractivity contribution >= 4 is 17.6 Å². The van der Waals surface area contributed by atoms with E-state index in [2.05, 4.69) is 5.32 Å². The van der Waals surface area contributed by atoms with Gasteiger partial charge in [-0.2, -0.15) is 5.26 Å². The number of aromatic carboxylic acids is 1. The molecule has 0 fully saturated rings. The Kier molecular flexibility index (Phi) is 5.88. The number of carboxylic acids is 1. The quantitative estimate of drug-likeness (QED) is 0.810. The Hall–Kier alpha value is -3.44. The highest BCUT2D eigenvalue weighted by molar-refractivity contribution is 6.00. The van der Waals surface area contributed by atoms with Gasteiger partial charge in [0.1, 0.15) is 18.2 Å². The SMILES string of the molecule is COCc1cc(C)n(CC(=O)Nc2ccccc2C(=O)O)c(=O)c1C#N. The summed E-state index contributed by atoms with van der Waals surface area (Å²) in [5.41, 5.74) is 0.329. The number of benzene rings is 1. The number of rotatable bonds is 6. The number of aromatic nitrogens is 1. The normalized spacial score (nSPS) is 10.2. The predicted molar refractivity (Wildman–Crippen MR) is 92.9 cm³/mol. The van der Waals surface area contributed by atoms with E-state index in [1.54, 1.807) is 25.1 Å².